The molecule has 2 aromatic rings. The van der Waals surface area contributed by atoms with Gasteiger partial charge in [0.2, 0.25) is 0 Å². The van der Waals surface area contributed by atoms with E-state index in [1.54, 1.807) is 6.07 Å². The molecule has 1 heterocycles. The Morgan fingerprint density at radius 2 is 1.94 bits per heavy atom. The fraction of sp³-hybridized carbons (Fsp3) is 0.357. The molecule has 0 aliphatic carbocycles. The maximum atomic E-state index is 6.20. The molecule has 0 amide bonds. The minimum Gasteiger partial charge on any atom is -0.320 e. The fourth-order valence-electron chi connectivity index (χ4n) is 2.03. The Balaban J connectivity index is 2.44. The van der Waals surface area contributed by atoms with Crippen molar-refractivity contribution in [2.24, 2.45) is 0 Å². The molecular weight excluding hydrogens is 267 g/mol. The largest absolute Gasteiger partial charge is 0.320 e. The van der Waals surface area contributed by atoms with Crippen LogP contribution in [0.25, 0.3) is 10.9 Å². The lowest BCUT2D eigenvalue weighted by Crippen LogP contribution is -2.09. The predicted molar refractivity (Wildman–Crippen MR) is 78.7 cm³/mol. The van der Waals surface area contributed by atoms with E-state index < -0.39 is 0 Å². The zero-order valence-corrected chi connectivity index (χ0v) is 12.1. The average Bonchev–Trinajstić information content (AvgIpc) is 2.36. The zero-order chi connectivity index (χ0) is 13.1. The first-order chi connectivity index (χ1) is 8.63. The van der Waals surface area contributed by atoms with E-state index in [0.29, 0.717) is 10.0 Å². The van der Waals surface area contributed by atoms with Gasteiger partial charge in [0.05, 0.1) is 15.6 Å². The highest BCUT2D eigenvalue weighted by atomic mass is 35.5. The van der Waals surface area contributed by atoms with Gasteiger partial charge in [0, 0.05) is 11.1 Å². The summed E-state index contributed by atoms with van der Waals surface area (Å²) in [4.78, 5) is 4.58. The average molecular weight is 283 g/mol. The summed E-state index contributed by atoms with van der Waals surface area (Å²) in [6, 6.07) is 5.72. The molecule has 2 rings (SSSR count). The number of nitrogens with one attached hydrogen (secondary N) is 1. The van der Waals surface area contributed by atoms with Crippen LogP contribution in [0.3, 0.4) is 0 Å². The second-order valence-electron chi connectivity index (χ2n) is 4.37. The standard InChI is InChI=1S/C14H16Cl2N2/c1-9-10(4-3-7-17-2)8-11-12(15)5-6-13(16)14(11)18-9/h5-6,8,17H,3-4,7H2,1-2H3. The van der Waals surface area contributed by atoms with Crippen LogP contribution in [0.15, 0.2) is 18.2 Å². The van der Waals surface area contributed by atoms with E-state index in [2.05, 4.69) is 16.4 Å². The summed E-state index contributed by atoms with van der Waals surface area (Å²) in [5.41, 5.74) is 3.06. The van der Waals surface area contributed by atoms with E-state index in [9.17, 15) is 0 Å². The van der Waals surface area contributed by atoms with Crippen molar-refractivity contribution in [3.05, 3.63) is 39.5 Å². The number of aromatic nitrogens is 1. The van der Waals surface area contributed by atoms with E-state index >= 15 is 0 Å². The molecule has 0 aliphatic rings. The zero-order valence-electron chi connectivity index (χ0n) is 10.6. The Labute approximate surface area is 117 Å². The molecule has 0 unspecified atom stereocenters. The third kappa shape index (κ3) is 2.77. The summed E-state index contributed by atoms with van der Waals surface area (Å²) in [6.07, 6.45) is 2.08. The SMILES string of the molecule is CNCCCc1cc2c(Cl)ccc(Cl)c2nc1C. The van der Waals surface area contributed by atoms with Crippen molar-refractivity contribution < 1.29 is 0 Å². The first-order valence-corrected chi connectivity index (χ1v) is 6.78. The first-order valence-electron chi connectivity index (χ1n) is 6.02. The number of fused-ring (bicyclic) bond motifs is 1. The number of hydrogen-bond donors (Lipinski definition) is 1. The van der Waals surface area contributed by atoms with Gasteiger partial charge in [-0.2, -0.15) is 0 Å². The molecule has 0 saturated carbocycles. The van der Waals surface area contributed by atoms with Crippen LogP contribution in [0.2, 0.25) is 10.0 Å². The van der Waals surface area contributed by atoms with Crippen LogP contribution in [0.5, 0.6) is 0 Å². The van der Waals surface area contributed by atoms with Gasteiger partial charge in [-0.25, -0.2) is 0 Å². The molecule has 1 aromatic carbocycles. The third-order valence-electron chi connectivity index (χ3n) is 3.05. The smallest absolute Gasteiger partial charge is 0.0906 e. The minimum atomic E-state index is 0.652. The topological polar surface area (TPSA) is 24.9 Å². The van der Waals surface area contributed by atoms with Gasteiger partial charge < -0.3 is 5.32 Å². The molecule has 0 fully saturated rings. The maximum Gasteiger partial charge on any atom is 0.0906 e. The van der Waals surface area contributed by atoms with E-state index in [-0.39, 0.29) is 0 Å². The van der Waals surface area contributed by atoms with Crippen molar-refractivity contribution in [2.45, 2.75) is 19.8 Å². The van der Waals surface area contributed by atoms with Crippen LogP contribution in [0, 0.1) is 6.92 Å². The molecule has 18 heavy (non-hydrogen) atoms. The van der Waals surface area contributed by atoms with Gasteiger partial charge in [-0.05, 0) is 57.1 Å². The molecule has 0 bridgehead atoms. The van der Waals surface area contributed by atoms with Crippen LogP contribution in [-0.2, 0) is 6.42 Å². The molecular formula is C14H16Cl2N2. The molecule has 96 valence electrons. The fourth-order valence-corrected chi connectivity index (χ4v) is 2.45. The molecule has 1 N–H and O–H groups in total. The van der Waals surface area contributed by atoms with Gasteiger partial charge in [0.25, 0.3) is 0 Å². The first kappa shape index (κ1) is 13.6. The van der Waals surface area contributed by atoms with Crippen LogP contribution in [0.1, 0.15) is 17.7 Å². The highest BCUT2D eigenvalue weighted by Gasteiger charge is 2.08. The summed E-state index contributed by atoms with van der Waals surface area (Å²) in [5.74, 6) is 0. The lowest BCUT2D eigenvalue weighted by molar-refractivity contribution is 0.721. The minimum absolute atomic E-state index is 0.652. The van der Waals surface area contributed by atoms with Gasteiger partial charge in [0.1, 0.15) is 0 Å². The molecule has 0 radical (unpaired) electrons. The number of halogens is 2. The highest BCUT2D eigenvalue weighted by molar-refractivity contribution is 6.39. The van der Waals surface area contributed by atoms with Crippen LogP contribution in [0.4, 0.5) is 0 Å². The molecule has 2 nitrogen and oxygen atoms in total. The molecule has 4 heteroatoms. The highest BCUT2D eigenvalue weighted by Crippen LogP contribution is 2.30. The normalized spacial score (nSPS) is 11.1. The summed E-state index contributed by atoms with van der Waals surface area (Å²) < 4.78 is 0. The van der Waals surface area contributed by atoms with Gasteiger partial charge in [-0.1, -0.05) is 23.2 Å². The van der Waals surface area contributed by atoms with Crippen LogP contribution >= 0.6 is 23.2 Å². The Kier molecular flexibility index (Phi) is 4.44. The molecule has 0 atom stereocenters. The summed E-state index contributed by atoms with van der Waals surface area (Å²) in [7, 11) is 1.96. The van der Waals surface area contributed by atoms with Crippen LogP contribution in [-0.4, -0.2) is 18.6 Å². The van der Waals surface area contributed by atoms with Crippen molar-refractivity contribution in [1.82, 2.24) is 10.3 Å². The van der Waals surface area contributed by atoms with E-state index in [0.717, 1.165) is 36.0 Å². The molecule has 0 saturated heterocycles. The van der Waals surface area contributed by atoms with Crippen molar-refractivity contribution in [3.63, 3.8) is 0 Å². The van der Waals surface area contributed by atoms with E-state index in [1.165, 1.54) is 5.56 Å². The van der Waals surface area contributed by atoms with Crippen molar-refractivity contribution >= 4 is 34.1 Å². The number of benzene rings is 1. The van der Waals surface area contributed by atoms with Crippen molar-refractivity contribution in [2.75, 3.05) is 13.6 Å². The third-order valence-corrected chi connectivity index (χ3v) is 3.68. The summed E-state index contributed by atoms with van der Waals surface area (Å²) in [5, 5.41) is 5.44. The van der Waals surface area contributed by atoms with Crippen molar-refractivity contribution in [1.29, 1.82) is 0 Å². The van der Waals surface area contributed by atoms with Gasteiger partial charge in [-0.3, -0.25) is 4.98 Å². The summed E-state index contributed by atoms with van der Waals surface area (Å²) >= 11 is 12.4. The number of hydrogen-bond acceptors (Lipinski definition) is 2. The quantitative estimate of drug-likeness (QED) is 0.858. The molecule has 0 aliphatic heterocycles. The number of nitrogens with zero attached hydrogens (tertiary/aromatic N) is 1. The maximum absolute atomic E-state index is 6.20. The lowest BCUT2D eigenvalue weighted by atomic mass is 10.1. The number of rotatable bonds is 4. The lowest BCUT2D eigenvalue weighted by Gasteiger charge is -2.09. The van der Waals surface area contributed by atoms with E-state index in [1.807, 2.05) is 20.0 Å². The Bertz CT molecular complexity index is 567. The second-order valence-corrected chi connectivity index (χ2v) is 5.18. The number of pyridine rings is 1. The summed E-state index contributed by atoms with van der Waals surface area (Å²) in [6.45, 7) is 3.02. The molecule has 0 spiro atoms. The Hall–Kier alpha value is -0.830. The molecule has 1 aromatic heterocycles. The van der Waals surface area contributed by atoms with Gasteiger partial charge in [0.15, 0.2) is 0 Å². The number of aryl methyl sites for hydroxylation is 2. The van der Waals surface area contributed by atoms with Gasteiger partial charge in [-0.15, -0.1) is 0 Å². The monoisotopic (exact) mass is 282 g/mol. The second kappa shape index (κ2) is 5.87. The van der Waals surface area contributed by atoms with E-state index in [4.69, 9.17) is 23.2 Å². The Morgan fingerprint density at radius 3 is 2.67 bits per heavy atom. The van der Waals surface area contributed by atoms with Crippen LogP contribution < -0.4 is 5.32 Å². The van der Waals surface area contributed by atoms with Crippen molar-refractivity contribution in [3.8, 4) is 0 Å². The van der Waals surface area contributed by atoms with Gasteiger partial charge >= 0.3 is 0 Å². The predicted octanol–water partition coefficient (Wildman–Crippen LogP) is 4.00. The Morgan fingerprint density at radius 1 is 1.22 bits per heavy atom.